The van der Waals surface area contributed by atoms with E-state index in [-0.39, 0.29) is 0 Å². The van der Waals surface area contributed by atoms with Crippen LogP contribution in [-0.4, -0.2) is 7.11 Å². The van der Waals surface area contributed by atoms with Gasteiger partial charge in [0, 0.05) is 0 Å². The average Bonchev–Trinajstić information content (AvgIpc) is 2.29. The highest BCUT2D eigenvalue weighted by Gasteiger charge is 1.81. The molecule has 0 aliphatic heterocycles. The lowest BCUT2D eigenvalue weighted by Crippen LogP contribution is -1.78. The van der Waals surface area contributed by atoms with Crippen LogP contribution in [0, 0.1) is 0 Å². The smallest absolute Gasteiger partial charge is 0.118 e. The zero-order valence-electron chi connectivity index (χ0n) is 10.2. The summed E-state index contributed by atoms with van der Waals surface area (Å²) in [4.78, 5) is 0. The highest BCUT2D eigenvalue weighted by atomic mass is 16.5. The highest BCUT2D eigenvalue weighted by molar-refractivity contribution is 5.19. The van der Waals surface area contributed by atoms with Gasteiger partial charge in [0.1, 0.15) is 5.76 Å². The summed E-state index contributed by atoms with van der Waals surface area (Å²) in [6.45, 7) is 15.1. The highest BCUT2D eigenvalue weighted by Crippen LogP contribution is 1.96. The van der Waals surface area contributed by atoms with Crippen LogP contribution in [0.1, 0.15) is 27.7 Å². The van der Waals surface area contributed by atoms with E-state index in [9.17, 15) is 0 Å². The van der Waals surface area contributed by atoms with Gasteiger partial charge in [0.05, 0.1) is 7.11 Å². The van der Waals surface area contributed by atoms with Crippen LogP contribution < -0.4 is 0 Å². The molecule has 0 saturated heterocycles. The van der Waals surface area contributed by atoms with Crippen molar-refractivity contribution >= 4 is 0 Å². The van der Waals surface area contributed by atoms with Crippen LogP contribution in [0.5, 0.6) is 0 Å². The van der Waals surface area contributed by atoms with E-state index in [0.29, 0.717) is 0 Å². The van der Waals surface area contributed by atoms with Gasteiger partial charge in [-0.1, -0.05) is 59.1 Å². The molecular weight excluding hydrogens is 172 g/mol. The predicted molar refractivity (Wildman–Crippen MR) is 67.3 cm³/mol. The third kappa shape index (κ3) is 17.0. The van der Waals surface area contributed by atoms with Crippen molar-refractivity contribution < 1.29 is 4.74 Å². The zero-order chi connectivity index (χ0) is 11.8. The fourth-order valence-corrected chi connectivity index (χ4v) is 0.471. The largest absolute Gasteiger partial charge is 0.497 e. The summed E-state index contributed by atoms with van der Waals surface area (Å²) < 4.78 is 4.95. The van der Waals surface area contributed by atoms with Crippen molar-refractivity contribution in [2.24, 2.45) is 0 Å². The molecule has 0 aliphatic rings. The molecule has 0 aromatic carbocycles. The van der Waals surface area contributed by atoms with E-state index in [0.717, 1.165) is 5.76 Å². The molecule has 0 rings (SSSR count). The lowest BCUT2D eigenvalue weighted by atomic mass is 10.4. The number of hydrogen-bond acceptors (Lipinski definition) is 1. The molecule has 1 nitrogen and oxygen atoms in total. The van der Waals surface area contributed by atoms with Crippen molar-refractivity contribution in [3.63, 3.8) is 0 Å². The summed E-state index contributed by atoms with van der Waals surface area (Å²) in [5.74, 6) is 0.773. The predicted octanol–water partition coefficient (Wildman–Crippen LogP) is 4.50. The lowest BCUT2D eigenvalue weighted by Gasteiger charge is -1.95. The van der Waals surface area contributed by atoms with Gasteiger partial charge in [0.25, 0.3) is 0 Å². The molecule has 0 bridgehead atoms. The second kappa shape index (κ2) is 22.6. The van der Waals surface area contributed by atoms with Gasteiger partial charge >= 0.3 is 0 Å². The van der Waals surface area contributed by atoms with E-state index in [2.05, 4.69) is 13.2 Å². The molecule has 82 valence electrons. The van der Waals surface area contributed by atoms with E-state index in [1.165, 1.54) is 0 Å². The van der Waals surface area contributed by atoms with E-state index < -0.39 is 0 Å². The number of hydrogen-bond donors (Lipinski definition) is 0. The zero-order valence-corrected chi connectivity index (χ0v) is 10.2. The number of methoxy groups -OCH3 is 1. The fraction of sp³-hybridized carbons (Fsp3) is 0.385. The number of allylic oxidation sites excluding steroid dienone is 5. The summed E-state index contributed by atoms with van der Waals surface area (Å²) in [7, 11) is 1.61. The van der Waals surface area contributed by atoms with E-state index in [1.54, 1.807) is 31.4 Å². The standard InChI is InChI=1S/C9H12O.2C2H6/c1-4-6-8-9(10-3)7-5-2;2*1-2/h4-8H,1-2H2,3H3;2*1-2H3/b8-6-,9-7+;;. The first-order valence-electron chi connectivity index (χ1n) is 5.01. The molecule has 14 heavy (non-hydrogen) atoms. The number of ether oxygens (including phenoxy) is 1. The van der Waals surface area contributed by atoms with Crippen molar-refractivity contribution in [3.05, 3.63) is 49.3 Å². The molecule has 0 aliphatic carbocycles. The minimum Gasteiger partial charge on any atom is -0.497 e. The Balaban J connectivity index is -0.000000266. The van der Waals surface area contributed by atoms with E-state index in [4.69, 9.17) is 4.74 Å². The molecule has 0 spiro atoms. The van der Waals surface area contributed by atoms with Gasteiger partial charge in [-0.15, -0.1) is 0 Å². The first kappa shape index (κ1) is 18.5. The van der Waals surface area contributed by atoms with E-state index >= 15 is 0 Å². The van der Waals surface area contributed by atoms with Gasteiger partial charge in [0.2, 0.25) is 0 Å². The van der Waals surface area contributed by atoms with E-state index in [1.807, 2.05) is 33.8 Å². The van der Waals surface area contributed by atoms with Gasteiger partial charge < -0.3 is 4.74 Å². The first-order valence-corrected chi connectivity index (χ1v) is 5.01. The number of rotatable bonds is 4. The van der Waals surface area contributed by atoms with Crippen molar-refractivity contribution in [3.8, 4) is 0 Å². The normalized spacial score (nSPS) is 9.07. The Morgan fingerprint density at radius 3 is 1.79 bits per heavy atom. The monoisotopic (exact) mass is 196 g/mol. The maximum Gasteiger partial charge on any atom is 0.118 e. The Kier molecular flexibility index (Phi) is 29.9. The van der Waals surface area contributed by atoms with Crippen LogP contribution in [0.15, 0.2) is 49.3 Å². The molecule has 0 radical (unpaired) electrons. The van der Waals surface area contributed by atoms with Crippen LogP contribution in [0.4, 0.5) is 0 Å². The molecule has 0 atom stereocenters. The Labute approximate surface area is 89.5 Å². The SMILES string of the molecule is C=C/C=C\C(=C/C=C)OC.CC.CC. The van der Waals surface area contributed by atoms with Crippen LogP contribution in [0.3, 0.4) is 0 Å². The maximum atomic E-state index is 4.95. The summed E-state index contributed by atoms with van der Waals surface area (Å²) >= 11 is 0. The van der Waals surface area contributed by atoms with Crippen LogP contribution in [-0.2, 0) is 4.74 Å². The van der Waals surface area contributed by atoms with Gasteiger partial charge in [-0.3, -0.25) is 0 Å². The summed E-state index contributed by atoms with van der Waals surface area (Å²) in [6, 6.07) is 0. The Morgan fingerprint density at radius 2 is 1.50 bits per heavy atom. The van der Waals surface area contributed by atoms with Crippen molar-refractivity contribution in [2.75, 3.05) is 7.11 Å². The molecule has 0 aromatic rings. The summed E-state index contributed by atoms with van der Waals surface area (Å²) in [5, 5.41) is 0. The first-order chi connectivity index (χ1) is 6.85. The van der Waals surface area contributed by atoms with Gasteiger partial charge in [-0.2, -0.15) is 0 Å². The molecule has 0 amide bonds. The van der Waals surface area contributed by atoms with Crippen LogP contribution >= 0.6 is 0 Å². The molecule has 0 fully saturated rings. The molecule has 0 heterocycles. The molecule has 0 N–H and O–H groups in total. The minimum absolute atomic E-state index is 0.773. The molecular formula is C13H24O. The van der Waals surface area contributed by atoms with Crippen LogP contribution in [0.2, 0.25) is 0 Å². The van der Waals surface area contributed by atoms with Crippen molar-refractivity contribution in [2.45, 2.75) is 27.7 Å². The van der Waals surface area contributed by atoms with Crippen molar-refractivity contribution in [1.29, 1.82) is 0 Å². The second-order valence-electron chi connectivity index (χ2n) is 1.60. The molecule has 0 aromatic heterocycles. The molecule has 0 unspecified atom stereocenters. The quantitative estimate of drug-likeness (QED) is 0.475. The molecule has 1 heteroatoms. The van der Waals surface area contributed by atoms with Crippen molar-refractivity contribution in [1.82, 2.24) is 0 Å². The third-order valence-corrected chi connectivity index (χ3v) is 0.914. The van der Waals surface area contributed by atoms with Gasteiger partial charge in [0.15, 0.2) is 0 Å². The minimum atomic E-state index is 0.773. The summed E-state index contributed by atoms with van der Waals surface area (Å²) in [5.41, 5.74) is 0. The Bertz CT molecular complexity index is 164. The Hall–Kier alpha value is -1.24. The fourth-order valence-electron chi connectivity index (χ4n) is 0.471. The van der Waals surface area contributed by atoms with Gasteiger partial charge in [-0.25, -0.2) is 0 Å². The maximum absolute atomic E-state index is 4.95. The second-order valence-corrected chi connectivity index (χ2v) is 1.60. The summed E-state index contributed by atoms with van der Waals surface area (Å²) in [6.07, 6.45) is 8.76. The topological polar surface area (TPSA) is 9.23 Å². The van der Waals surface area contributed by atoms with Gasteiger partial charge in [-0.05, 0) is 12.2 Å². The van der Waals surface area contributed by atoms with Crippen LogP contribution in [0.25, 0.3) is 0 Å². The molecule has 0 saturated carbocycles. The average molecular weight is 196 g/mol. The third-order valence-electron chi connectivity index (χ3n) is 0.914. The Morgan fingerprint density at radius 1 is 1.00 bits per heavy atom. The lowest BCUT2D eigenvalue weighted by molar-refractivity contribution is 0.307.